The first kappa shape index (κ1) is 24.8. The second kappa shape index (κ2) is 11.4. The Kier molecular flexibility index (Phi) is 8.11. The molecule has 6 nitrogen and oxygen atoms in total. The zero-order valence-electron chi connectivity index (χ0n) is 19.0. The Balaban J connectivity index is 1.60. The highest BCUT2D eigenvalue weighted by Crippen LogP contribution is 2.27. The summed E-state index contributed by atoms with van der Waals surface area (Å²) >= 11 is 6.98. The van der Waals surface area contributed by atoms with Crippen LogP contribution in [-0.4, -0.2) is 15.9 Å². The Morgan fingerprint density at radius 3 is 2.74 bits per heavy atom. The van der Waals surface area contributed by atoms with Crippen LogP contribution in [-0.2, 0) is 13.0 Å². The van der Waals surface area contributed by atoms with E-state index < -0.39 is 0 Å². The number of aromatic nitrogens is 2. The van der Waals surface area contributed by atoms with E-state index in [0.717, 1.165) is 32.9 Å². The lowest BCUT2D eigenvalue weighted by Crippen LogP contribution is -2.22. The van der Waals surface area contributed by atoms with Gasteiger partial charge in [0.25, 0.3) is 5.56 Å². The van der Waals surface area contributed by atoms with Gasteiger partial charge in [-0.05, 0) is 70.4 Å². The normalized spacial score (nSPS) is 11.1. The molecule has 4 rings (SSSR count). The summed E-state index contributed by atoms with van der Waals surface area (Å²) < 4.78 is 8.87. The molecule has 1 heterocycles. The number of aryl methyl sites for hydroxylation is 1. The Hall–Kier alpha value is -3.28. The third-order valence-corrected chi connectivity index (χ3v) is 6.54. The van der Waals surface area contributed by atoms with E-state index in [1.807, 2.05) is 48.5 Å². The van der Waals surface area contributed by atoms with Crippen molar-refractivity contribution in [2.45, 2.75) is 32.8 Å². The molecule has 0 aliphatic heterocycles. The number of halogens is 2. The van der Waals surface area contributed by atoms with Crippen LogP contribution in [0.25, 0.3) is 10.9 Å². The average molecular weight is 594 g/mol. The van der Waals surface area contributed by atoms with E-state index in [0.29, 0.717) is 34.5 Å². The summed E-state index contributed by atoms with van der Waals surface area (Å²) in [6, 6.07) is 20.6. The standard InChI is InChI=1S/C27H22Br2N4O2/c1-2-3-8-26-32-24-11-10-21(28)14-22(24)27(34)33(26)31-16-18-9-12-25(23(29)13-18)35-17-20-7-5-4-6-19(20)15-30/h4-7,9-14,16H,2-3,8,17H2,1H3. The van der Waals surface area contributed by atoms with Gasteiger partial charge in [0.05, 0.1) is 33.2 Å². The molecule has 0 unspecified atom stereocenters. The highest BCUT2D eigenvalue weighted by atomic mass is 79.9. The van der Waals surface area contributed by atoms with Gasteiger partial charge in [-0.1, -0.05) is 47.5 Å². The van der Waals surface area contributed by atoms with Crippen molar-refractivity contribution in [3.05, 3.63) is 102 Å². The van der Waals surface area contributed by atoms with Crippen LogP contribution in [0.3, 0.4) is 0 Å². The second-order valence-corrected chi connectivity index (χ2v) is 9.67. The Bertz CT molecular complexity index is 1510. The van der Waals surface area contributed by atoms with Crippen molar-refractivity contribution < 1.29 is 4.74 Å². The number of fused-ring (bicyclic) bond motifs is 1. The highest BCUT2D eigenvalue weighted by molar-refractivity contribution is 9.10. The van der Waals surface area contributed by atoms with Crippen LogP contribution in [0.1, 0.15) is 42.3 Å². The van der Waals surface area contributed by atoms with Crippen molar-refractivity contribution >= 4 is 49.0 Å². The smallest absolute Gasteiger partial charge is 0.282 e. The van der Waals surface area contributed by atoms with E-state index in [1.165, 1.54) is 4.68 Å². The summed E-state index contributed by atoms with van der Waals surface area (Å²) in [7, 11) is 0. The predicted molar refractivity (Wildman–Crippen MR) is 145 cm³/mol. The molecule has 0 bridgehead atoms. The van der Waals surface area contributed by atoms with E-state index in [9.17, 15) is 10.1 Å². The lowest BCUT2D eigenvalue weighted by Gasteiger charge is -2.10. The Morgan fingerprint density at radius 1 is 1.14 bits per heavy atom. The van der Waals surface area contributed by atoms with Crippen LogP contribution in [0, 0.1) is 11.3 Å². The molecule has 8 heteroatoms. The molecule has 0 amide bonds. The fourth-order valence-electron chi connectivity index (χ4n) is 3.56. The van der Waals surface area contributed by atoms with Crippen LogP contribution >= 0.6 is 31.9 Å². The van der Waals surface area contributed by atoms with Gasteiger partial charge < -0.3 is 4.74 Å². The maximum atomic E-state index is 13.2. The maximum absolute atomic E-state index is 13.2. The SMILES string of the molecule is CCCCc1nc2ccc(Br)cc2c(=O)n1N=Cc1ccc(OCc2ccccc2C#N)c(Br)c1. The van der Waals surface area contributed by atoms with E-state index in [2.05, 4.69) is 50.0 Å². The van der Waals surface area contributed by atoms with Gasteiger partial charge in [-0.2, -0.15) is 15.0 Å². The number of nitriles is 1. The zero-order chi connectivity index (χ0) is 24.8. The van der Waals surface area contributed by atoms with Gasteiger partial charge in [0.1, 0.15) is 18.2 Å². The van der Waals surface area contributed by atoms with E-state index in [-0.39, 0.29) is 12.2 Å². The molecule has 0 saturated carbocycles. The fourth-order valence-corrected chi connectivity index (χ4v) is 4.43. The van der Waals surface area contributed by atoms with Crippen molar-refractivity contribution in [2.75, 3.05) is 0 Å². The first-order valence-electron chi connectivity index (χ1n) is 11.2. The zero-order valence-corrected chi connectivity index (χ0v) is 22.2. The summed E-state index contributed by atoms with van der Waals surface area (Å²) in [5.41, 5.74) is 2.67. The molecule has 0 aliphatic carbocycles. The minimum atomic E-state index is -0.200. The lowest BCUT2D eigenvalue weighted by atomic mass is 10.1. The van der Waals surface area contributed by atoms with Crippen LogP contribution in [0.5, 0.6) is 5.75 Å². The van der Waals surface area contributed by atoms with Gasteiger partial charge in [-0.3, -0.25) is 4.79 Å². The molecule has 0 atom stereocenters. The molecule has 176 valence electrons. The van der Waals surface area contributed by atoms with Gasteiger partial charge in [0.2, 0.25) is 0 Å². The number of benzene rings is 3. The average Bonchev–Trinajstić information content (AvgIpc) is 2.87. The summed E-state index contributed by atoms with van der Waals surface area (Å²) in [5.74, 6) is 1.28. The fraction of sp³-hybridized carbons (Fsp3) is 0.185. The van der Waals surface area contributed by atoms with Crippen LogP contribution in [0.15, 0.2) is 79.5 Å². The number of ether oxygens (including phenoxy) is 1. The Labute approximate surface area is 220 Å². The van der Waals surface area contributed by atoms with Gasteiger partial charge in [-0.15, -0.1) is 0 Å². The van der Waals surface area contributed by atoms with Crippen LogP contribution in [0.2, 0.25) is 0 Å². The van der Waals surface area contributed by atoms with Gasteiger partial charge in [0, 0.05) is 16.5 Å². The Morgan fingerprint density at radius 2 is 1.97 bits per heavy atom. The third-order valence-electron chi connectivity index (χ3n) is 5.43. The minimum absolute atomic E-state index is 0.200. The first-order valence-corrected chi connectivity index (χ1v) is 12.7. The number of nitrogens with zero attached hydrogens (tertiary/aromatic N) is 4. The highest BCUT2D eigenvalue weighted by Gasteiger charge is 2.11. The van der Waals surface area contributed by atoms with Crippen molar-refractivity contribution in [3.63, 3.8) is 0 Å². The molecule has 0 fully saturated rings. The molecule has 0 radical (unpaired) electrons. The molecule has 4 aromatic rings. The first-order chi connectivity index (χ1) is 17.0. The molecular weight excluding hydrogens is 572 g/mol. The topological polar surface area (TPSA) is 80.3 Å². The van der Waals surface area contributed by atoms with Gasteiger partial charge in [0.15, 0.2) is 0 Å². The molecule has 1 aromatic heterocycles. The molecule has 0 spiro atoms. The quantitative estimate of drug-likeness (QED) is 0.216. The van der Waals surface area contributed by atoms with E-state index >= 15 is 0 Å². The summed E-state index contributed by atoms with van der Waals surface area (Å²) in [4.78, 5) is 17.9. The maximum Gasteiger partial charge on any atom is 0.282 e. The van der Waals surface area contributed by atoms with E-state index in [4.69, 9.17) is 9.72 Å². The van der Waals surface area contributed by atoms with Gasteiger partial charge >= 0.3 is 0 Å². The summed E-state index contributed by atoms with van der Waals surface area (Å²) in [5, 5.41) is 14.3. The second-order valence-electron chi connectivity index (χ2n) is 7.90. The minimum Gasteiger partial charge on any atom is -0.488 e. The van der Waals surface area contributed by atoms with Crippen LogP contribution < -0.4 is 10.3 Å². The molecule has 3 aromatic carbocycles. The number of hydrogen-bond donors (Lipinski definition) is 0. The van der Waals surface area contributed by atoms with Gasteiger partial charge in [-0.25, -0.2) is 4.98 Å². The number of rotatable bonds is 8. The third kappa shape index (κ3) is 5.87. The van der Waals surface area contributed by atoms with E-state index in [1.54, 1.807) is 18.3 Å². The van der Waals surface area contributed by atoms with Crippen molar-refractivity contribution in [3.8, 4) is 11.8 Å². The number of unbranched alkanes of at least 4 members (excludes halogenated alkanes) is 1. The summed E-state index contributed by atoms with van der Waals surface area (Å²) in [6.07, 6.45) is 4.21. The van der Waals surface area contributed by atoms with Crippen LogP contribution in [0.4, 0.5) is 0 Å². The predicted octanol–water partition coefficient (Wildman–Crippen LogP) is 6.60. The largest absolute Gasteiger partial charge is 0.488 e. The monoisotopic (exact) mass is 592 g/mol. The molecular formula is C27H22Br2N4O2. The van der Waals surface area contributed by atoms with Crippen molar-refractivity contribution in [2.24, 2.45) is 5.10 Å². The molecule has 0 aliphatic rings. The number of hydrogen-bond acceptors (Lipinski definition) is 5. The lowest BCUT2D eigenvalue weighted by molar-refractivity contribution is 0.304. The van der Waals surface area contributed by atoms with Crippen molar-refractivity contribution in [1.82, 2.24) is 9.66 Å². The molecule has 0 saturated heterocycles. The van der Waals surface area contributed by atoms with Crippen molar-refractivity contribution in [1.29, 1.82) is 5.26 Å². The summed E-state index contributed by atoms with van der Waals surface area (Å²) in [6.45, 7) is 2.38. The molecule has 0 N–H and O–H groups in total. The molecule has 35 heavy (non-hydrogen) atoms.